The van der Waals surface area contributed by atoms with Gasteiger partial charge in [0.1, 0.15) is 0 Å². The topological polar surface area (TPSA) is 72.8 Å². The summed E-state index contributed by atoms with van der Waals surface area (Å²) < 4.78 is 1.91. The molecule has 0 fully saturated rings. The fraction of sp³-hybridized carbons (Fsp3) is 0.235. The number of aromatic nitrogens is 2. The summed E-state index contributed by atoms with van der Waals surface area (Å²) in [5.74, 6) is -0.334. The van der Waals surface area contributed by atoms with Gasteiger partial charge in [0.15, 0.2) is 18.1 Å². The summed E-state index contributed by atoms with van der Waals surface area (Å²) in [7, 11) is 0. The molecule has 5 nitrogen and oxygen atoms in total. The SMILES string of the molecule is C[C@]1(O)NC(S)=C(C#N)[C@H](c2ccncc2)[C@H]1[n+]1ccccc1. The van der Waals surface area contributed by atoms with E-state index in [1.54, 1.807) is 19.3 Å². The van der Waals surface area contributed by atoms with E-state index in [1.165, 1.54) is 0 Å². The number of allylic oxidation sites excluding steroid dienone is 1. The number of hydrogen-bond donors (Lipinski definition) is 3. The molecule has 2 aromatic heterocycles. The lowest BCUT2D eigenvalue weighted by atomic mass is 9.78. The van der Waals surface area contributed by atoms with Crippen LogP contribution in [-0.4, -0.2) is 15.8 Å². The molecule has 3 rings (SSSR count). The normalized spacial score (nSPS) is 27.2. The highest BCUT2D eigenvalue weighted by Gasteiger charge is 2.51. The molecule has 116 valence electrons. The third-order valence-corrected chi connectivity index (χ3v) is 4.43. The lowest BCUT2D eigenvalue weighted by molar-refractivity contribution is -0.741. The van der Waals surface area contributed by atoms with Crippen molar-refractivity contribution in [1.82, 2.24) is 10.3 Å². The maximum absolute atomic E-state index is 11.0. The van der Waals surface area contributed by atoms with Gasteiger partial charge >= 0.3 is 0 Å². The van der Waals surface area contributed by atoms with E-state index in [4.69, 9.17) is 0 Å². The van der Waals surface area contributed by atoms with Gasteiger partial charge in [-0.2, -0.15) is 9.83 Å². The smallest absolute Gasteiger partial charge is 0.216 e. The summed E-state index contributed by atoms with van der Waals surface area (Å²) in [6.07, 6.45) is 7.14. The predicted octanol–water partition coefficient (Wildman–Crippen LogP) is 1.67. The third-order valence-electron chi connectivity index (χ3n) is 4.07. The Balaban J connectivity index is 2.23. The minimum atomic E-state index is -1.27. The van der Waals surface area contributed by atoms with Gasteiger partial charge in [-0.25, -0.2) is 0 Å². The van der Waals surface area contributed by atoms with Crippen molar-refractivity contribution in [1.29, 1.82) is 5.26 Å². The molecule has 3 atom stereocenters. The molecule has 0 radical (unpaired) electrons. The van der Waals surface area contributed by atoms with Crippen LogP contribution in [0.4, 0.5) is 0 Å². The van der Waals surface area contributed by atoms with Crippen molar-refractivity contribution in [3.63, 3.8) is 0 Å². The van der Waals surface area contributed by atoms with Crippen molar-refractivity contribution in [2.24, 2.45) is 0 Å². The Labute approximate surface area is 140 Å². The number of hydrogen-bond acceptors (Lipinski definition) is 5. The second-order valence-electron chi connectivity index (χ2n) is 5.67. The van der Waals surface area contributed by atoms with Gasteiger partial charge in [-0.1, -0.05) is 6.07 Å². The summed E-state index contributed by atoms with van der Waals surface area (Å²) >= 11 is 4.37. The molecule has 23 heavy (non-hydrogen) atoms. The molecule has 0 saturated carbocycles. The number of aliphatic hydroxyl groups is 1. The standard InChI is InChI=1S/C17H16N4OS/c1-17(22)15(21-9-3-2-4-10-21)14(12-5-7-19-8-6-12)13(11-18)16(23)20-17/h2-10,14-15,20,22H,1H3/p+1/t14-,15+,17+/m0/s1. The van der Waals surface area contributed by atoms with Gasteiger partial charge in [0, 0.05) is 24.5 Å². The largest absolute Gasteiger partial charge is 0.366 e. The van der Waals surface area contributed by atoms with E-state index in [2.05, 4.69) is 29.0 Å². The van der Waals surface area contributed by atoms with Crippen LogP contribution >= 0.6 is 12.6 Å². The van der Waals surface area contributed by atoms with Crippen LogP contribution in [0.3, 0.4) is 0 Å². The molecule has 0 saturated heterocycles. The minimum absolute atomic E-state index is 0.334. The van der Waals surface area contributed by atoms with E-state index >= 15 is 0 Å². The van der Waals surface area contributed by atoms with Gasteiger partial charge in [0.05, 0.1) is 22.6 Å². The number of thiol groups is 1. The molecule has 6 heteroatoms. The average molecular weight is 325 g/mol. The van der Waals surface area contributed by atoms with Crippen molar-refractivity contribution < 1.29 is 9.67 Å². The van der Waals surface area contributed by atoms with E-state index in [1.807, 2.05) is 47.3 Å². The number of pyridine rings is 2. The molecule has 3 heterocycles. The van der Waals surface area contributed by atoms with Crippen LogP contribution in [0.2, 0.25) is 0 Å². The lowest BCUT2D eigenvalue weighted by Crippen LogP contribution is -2.62. The summed E-state index contributed by atoms with van der Waals surface area (Å²) in [5, 5.41) is 23.9. The first-order chi connectivity index (χ1) is 11.0. The van der Waals surface area contributed by atoms with Gasteiger partial charge in [-0.3, -0.25) is 4.98 Å². The van der Waals surface area contributed by atoms with Gasteiger partial charge < -0.3 is 10.4 Å². The first kappa shape index (κ1) is 15.5. The average Bonchev–Trinajstić information content (AvgIpc) is 2.55. The maximum Gasteiger partial charge on any atom is 0.216 e. The highest BCUT2D eigenvalue weighted by molar-refractivity contribution is 7.84. The monoisotopic (exact) mass is 325 g/mol. The summed E-state index contributed by atoms with van der Waals surface area (Å²) in [6, 6.07) is 11.3. The Bertz CT molecular complexity index is 768. The molecular weight excluding hydrogens is 308 g/mol. The molecule has 0 spiro atoms. The van der Waals surface area contributed by atoms with Gasteiger partial charge in [-0.15, -0.1) is 12.6 Å². The Hall–Kier alpha value is -2.36. The molecule has 0 aliphatic carbocycles. The lowest BCUT2D eigenvalue weighted by Gasteiger charge is -2.39. The third kappa shape index (κ3) is 2.81. The van der Waals surface area contributed by atoms with Crippen LogP contribution in [0.5, 0.6) is 0 Å². The summed E-state index contributed by atoms with van der Waals surface area (Å²) in [5.41, 5.74) is 0.135. The van der Waals surface area contributed by atoms with Crippen molar-refractivity contribution in [3.8, 4) is 6.07 Å². The van der Waals surface area contributed by atoms with Crippen molar-refractivity contribution in [3.05, 3.63) is 71.3 Å². The first-order valence-electron chi connectivity index (χ1n) is 7.24. The zero-order chi connectivity index (χ0) is 16.4. The Morgan fingerprint density at radius 2 is 1.96 bits per heavy atom. The molecular formula is C17H17N4OS+. The number of nitrogens with one attached hydrogen (secondary N) is 1. The second-order valence-corrected chi connectivity index (χ2v) is 6.12. The molecule has 0 bridgehead atoms. The highest BCUT2D eigenvalue weighted by Crippen LogP contribution is 2.42. The zero-order valence-electron chi connectivity index (χ0n) is 12.6. The number of rotatable bonds is 2. The van der Waals surface area contributed by atoms with Crippen LogP contribution in [0.25, 0.3) is 0 Å². The van der Waals surface area contributed by atoms with Crippen molar-refractivity contribution >= 4 is 12.6 Å². The predicted molar refractivity (Wildman–Crippen MR) is 88.0 cm³/mol. The fourth-order valence-corrected chi connectivity index (χ4v) is 3.53. The first-order valence-corrected chi connectivity index (χ1v) is 7.69. The maximum atomic E-state index is 11.0. The summed E-state index contributed by atoms with van der Waals surface area (Å²) in [4.78, 5) is 4.04. The molecule has 0 amide bonds. The fourth-order valence-electron chi connectivity index (χ4n) is 3.11. The zero-order valence-corrected chi connectivity index (χ0v) is 13.5. The van der Waals surface area contributed by atoms with E-state index in [-0.39, 0.29) is 5.92 Å². The van der Waals surface area contributed by atoms with Crippen molar-refractivity contribution in [2.45, 2.75) is 24.6 Å². The second kappa shape index (κ2) is 6.03. The van der Waals surface area contributed by atoms with Gasteiger partial charge in [-0.05, 0) is 24.6 Å². The van der Waals surface area contributed by atoms with E-state index < -0.39 is 11.8 Å². The van der Waals surface area contributed by atoms with E-state index in [0.29, 0.717) is 10.6 Å². The van der Waals surface area contributed by atoms with Gasteiger partial charge in [0.25, 0.3) is 0 Å². The number of nitriles is 1. The van der Waals surface area contributed by atoms with Crippen LogP contribution in [0.1, 0.15) is 24.4 Å². The number of nitrogens with zero attached hydrogens (tertiary/aromatic N) is 3. The molecule has 1 aliphatic rings. The molecule has 1 aliphatic heterocycles. The molecule has 2 N–H and O–H groups in total. The quantitative estimate of drug-likeness (QED) is 0.580. The Kier molecular flexibility index (Phi) is 4.07. The Morgan fingerprint density at radius 3 is 2.57 bits per heavy atom. The Morgan fingerprint density at radius 1 is 1.30 bits per heavy atom. The summed E-state index contributed by atoms with van der Waals surface area (Å²) in [6.45, 7) is 1.69. The van der Waals surface area contributed by atoms with E-state index in [0.717, 1.165) is 5.56 Å². The van der Waals surface area contributed by atoms with Gasteiger partial charge in [0.2, 0.25) is 6.04 Å². The molecule has 0 unspecified atom stereocenters. The van der Waals surface area contributed by atoms with Crippen molar-refractivity contribution in [2.75, 3.05) is 0 Å². The van der Waals surface area contributed by atoms with E-state index in [9.17, 15) is 10.4 Å². The van der Waals surface area contributed by atoms with Crippen LogP contribution < -0.4 is 9.88 Å². The molecule has 2 aromatic rings. The molecule has 0 aromatic carbocycles. The van der Waals surface area contributed by atoms with Crippen LogP contribution in [0, 0.1) is 11.3 Å². The van der Waals surface area contributed by atoms with Crippen LogP contribution in [-0.2, 0) is 0 Å². The van der Waals surface area contributed by atoms with Crippen LogP contribution in [0.15, 0.2) is 65.7 Å². The minimum Gasteiger partial charge on any atom is -0.366 e. The highest BCUT2D eigenvalue weighted by atomic mass is 32.1.